The molecule has 0 saturated heterocycles. The predicted molar refractivity (Wildman–Crippen MR) is 96.5 cm³/mol. The number of hydrogen-bond acceptors (Lipinski definition) is 3. The number of thiophene rings is 1. The maximum absolute atomic E-state index is 12.8. The lowest BCUT2D eigenvalue weighted by atomic mass is 10.2. The normalized spacial score (nSPS) is 15.2. The molecule has 1 fully saturated rings. The third kappa shape index (κ3) is 2.99. The molecule has 0 radical (unpaired) electrons. The van der Waals surface area contributed by atoms with Crippen molar-refractivity contribution in [2.45, 2.75) is 25.8 Å². The first-order chi connectivity index (χ1) is 11.7. The molecule has 1 atom stereocenters. The van der Waals surface area contributed by atoms with Gasteiger partial charge in [0.1, 0.15) is 11.4 Å². The second-order valence-corrected chi connectivity index (χ2v) is 7.19. The van der Waals surface area contributed by atoms with Gasteiger partial charge in [0, 0.05) is 6.04 Å². The molecule has 1 saturated carbocycles. The molecule has 0 bridgehead atoms. The van der Waals surface area contributed by atoms with E-state index >= 15 is 0 Å². The number of amides is 1. The fraction of sp³-hybridized carbons (Fsp3) is 0.263. The number of hydrogen-bond donors (Lipinski definition) is 1. The Balaban J connectivity index is 1.71. The smallest absolute Gasteiger partial charge is 0.270 e. The molecular formula is C19H19N3OS. The minimum atomic E-state index is -0.0615. The number of para-hydroxylation sites is 1. The zero-order chi connectivity index (χ0) is 16.5. The van der Waals surface area contributed by atoms with Crippen LogP contribution in [-0.4, -0.2) is 21.7 Å². The fourth-order valence-electron chi connectivity index (χ4n) is 2.85. The molecular weight excluding hydrogens is 318 g/mol. The number of aromatic nitrogens is 2. The maximum atomic E-state index is 12.8. The first-order valence-electron chi connectivity index (χ1n) is 8.22. The van der Waals surface area contributed by atoms with Gasteiger partial charge in [-0.2, -0.15) is 5.10 Å². The molecule has 0 spiro atoms. The molecule has 0 unspecified atom stereocenters. The summed E-state index contributed by atoms with van der Waals surface area (Å²) >= 11 is 1.63. The highest BCUT2D eigenvalue weighted by atomic mass is 32.1. The molecule has 1 N–H and O–H groups in total. The number of nitrogens with zero attached hydrogens (tertiary/aromatic N) is 2. The van der Waals surface area contributed by atoms with Gasteiger partial charge < -0.3 is 5.32 Å². The van der Waals surface area contributed by atoms with Crippen LogP contribution in [0.15, 0.2) is 53.9 Å². The van der Waals surface area contributed by atoms with E-state index in [1.54, 1.807) is 16.0 Å². The summed E-state index contributed by atoms with van der Waals surface area (Å²) in [6.07, 6.45) is 2.42. The zero-order valence-electron chi connectivity index (χ0n) is 13.5. The van der Waals surface area contributed by atoms with Gasteiger partial charge in [-0.3, -0.25) is 4.79 Å². The largest absolute Gasteiger partial charge is 0.348 e. The van der Waals surface area contributed by atoms with Gasteiger partial charge in [-0.05, 0) is 55.3 Å². The second-order valence-electron chi connectivity index (χ2n) is 6.24. The molecule has 24 heavy (non-hydrogen) atoms. The summed E-state index contributed by atoms with van der Waals surface area (Å²) in [5.41, 5.74) is 2.31. The lowest BCUT2D eigenvalue weighted by Gasteiger charge is -2.13. The quantitative estimate of drug-likeness (QED) is 0.761. The standard InChI is InChI=1S/C19H19N3OS/c1-13(14-9-10-14)20-19(23)17-12-16(18-8-5-11-24-18)21-22(17)15-6-3-2-4-7-15/h2-8,11-14H,9-10H2,1H3,(H,20,23)/t13-/m0/s1. The zero-order valence-corrected chi connectivity index (χ0v) is 14.3. The topological polar surface area (TPSA) is 46.9 Å². The van der Waals surface area contributed by atoms with Crippen LogP contribution in [0, 0.1) is 5.92 Å². The first kappa shape index (κ1) is 15.1. The fourth-order valence-corrected chi connectivity index (χ4v) is 3.53. The Morgan fingerprint density at radius 1 is 1.25 bits per heavy atom. The monoisotopic (exact) mass is 337 g/mol. The van der Waals surface area contributed by atoms with Crippen LogP contribution in [-0.2, 0) is 0 Å². The van der Waals surface area contributed by atoms with Gasteiger partial charge in [-0.15, -0.1) is 11.3 Å². The van der Waals surface area contributed by atoms with Crippen molar-refractivity contribution in [1.29, 1.82) is 0 Å². The summed E-state index contributed by atoms with van der Waals surface area (Å²) in [7, 11) is 0. The number of carbonyl (C=O) groups is 1. The van der Waals surface area contributed by atoms with Crippen molar-refractivity contribution in [2.75, 3.05) is 0 Å². The van der Waals surface area contributed by atoms with E-state index in [1.165, 1.54) is 12.8 Å². The molecule has 0 aliphatic heterocycles. The van der Waals surface area contributed by atoms with Gasteiger partial charge in [-0.25, -0.2) is 4.68 Å². The van der Waals surface area contributed by atoms with Crippen LogP contribution < -0.4 is 5.32 Å². The molecule has 3 aromatic rings. The third-order valence-electron chi connectivity index (χ3n) is 4.40. The van der Waals surface area contributed by atoms with Gasteiger partial charge >= 0.3 is 0 Å². The summed E-state index contributed by atoms with van der Waals surface area (Å²) < 4.78 is 1.74. The molecule has 2 heterocycles. The molecule has 4 rings (SSSR count). The van der Waals surface area contributed by atoms with Crippen molar-refractivity contribution < 1.29 is 4.79 Å². The second kappa shape index (κ2) is 6.24. The van der Waals surface area contributed by atoms with Gasteiger partial charge in [0.25, 0.3) is 5.91 Å². The molecule has 1 aliphatic rings. The summed E-state index contributed by atoms with van der Waals surface area (Å²) in [5.74, 6) is 0.562. The Bertz CT molecular complexity index is 835. The van der Waals surface area contributed by atoms with E-state index in [2.05, 4.69) is 17.3 Å². The van der Waals surface area contributed by atoms with Gasteiger partial charge in [0.05, 0.1) is 10.6 Å². The van der Waals surface area contributed by atoms with Crippen LogP contribution in [0.2, 0.25) is 0 Å². The van der Waals surface area contributed by atoms with Crippen molar-refractivity contribution in [1.82, 2.24) is 15.1 Å². The van der Waals surface area contributed by atoms with E-state index < -0.39 is 0 Å². The average molecular weight is 337 g/mol. The van der Waals surface area contributed by atoms with E-state index in [0.717, 1.165) is 16.3 Å². The number of nitrogens with one attached hydrogen (secondary N) is 1. The van der Waals surface area contributed by atoms with Crippen LogP contribution >= 0.6 is 11.3 Å². The molecule has 1 aromatic carbocycles. The van der Waals surface area contributed by atoms with E-state index in [4.69, 9.17) is 0 Å². The van der Waals surface area contributed by atoms with Crippen LogP contribution in [0.5, 0.6) is 0 Å². The highest BCUT2D eigenvalue weighted by molar-refractivity contribution is 7.13. The lowest BCUT2D eigenvalue weighted by Crippen LogP contribution is -2.35. The summed E-state index contributed by atoms with van der Waals surface area (Å²) in [4.78, 5) is 13.9. The molecule has 1 amide bonds. The van der Waals surface area contributed by atoms with Crippen LogP contribution in [0.25, 0.3) is 16.3 Å². The van der Waals surface area contributed by atoms with Crippen LogP contribution in [0.3, 0.4) is 0 Å². The predicted octanol–water partition coefficient (Wildman–Crippen LogP) is 4.13. The summed E-state index contributed by atoms with van der Waals surface area (Å²) in [6, 6.07) is 15.9. The Labute approximate surface area is 145 Å². The molecule has 1 aliphatic carbocycles. The van der Waals surface area contributed by atoms with Crippen molar-refractivity contribution >= 4 is 17.2 Å². The van der Waals surface area contributed by atoms with E-state index in [1.807, 2.05) is 53.9 Å². The number of carbonyl (C=O) groups excluding carboxylic acids is 1. The SMILES string of the molecule is C[C@H](NC(=O)c1cc(-c2cccs2)nn1-c1ccccc1)C1CC1. The lowest BCUT2D eigenvalue weighted by molar-refractivity contribution is 0.0928. The Kier molecular flexibility index (Phi) is 3.94. The third-order valence-corrected chi connectivity index (χ3v) is 5.30. The molecule has 2 aromatic heterocycles. The maximum Gasteiger partial charge on any atom is 0.270 e. The highest BCUT2D eigenvalue weighted by Gasteiger charge is 2.30. The summed E-state index contributed by atoms with van der Waals surface area (Å²) in [5, 5.41) is 9.83. The molecule has 122 valence electrons. The van der Waals surface area contributed by atoms with Crippen molar-refractivity contribution in [3.63, 3.8) is 0 Å². The summed E-state index contributed by atoms with van der Waals surface area (Å²) in [6.45, 7) is 2.08. The number of rotatable bonds is 5. The van der Waals surface area contributed by atoms with Crippen LogP contribution in [0.4, 0.5) is 0 Å². The Hall–Kier alpha value is -2.40. The van der Waals surface area contributed by atoms with Gasteiger partial charge in [0.15, 0.2) is 0 Å². The molecule has 4 nitrogen and oxygen atoms in total. The number of benzene rings is 1. The van der Waals surface area contributed by atoms with Gasteiger partial charge in [-0.1, -0.05) is 24.3 Å². The van der Waals surface area contributed by atoms with Gasteiger partial charge in [0.2, 0.25) is 0 Å². The minimum absolute atomic E-state index is 0.0615. The van der Waals surface area contributed by atoms with Crippen molar-refractivity contribution in [3.05, 3.63) is 59.6 Å². The first-order valence-corrected chi connectivity index (χ1v) is 9.10. The minimum Gasteiger partial charge on any atom is -0.348 e. The van der Waals surface area contributed by atoms with E-state index in [-0.39, 0.29) is 11.9 Å². The average Bonchev–Trinajstić information content (AvgIpc) is 3.13. The Morgan fingerprint density at radius 3 is 2.71 bits per heavy atom. The van der Waals surface area contributed by atoms with Crippen molar-refractivity contribution in [2.24, 2.45) is 5.92 Å². The van der Waals surface area contributed by atoms with E-state index in [0.29, 0.717) is 11.6 Å². The highest BCUT2D eigenvalue weighted by Crippen LogP contribution is 2.32. The van der Waals surface area contributed by atoms with Crippen LogP contribution in [0.1, 0.15) is 30.3 Å². The molecule has 5 heteroatoms. The Morgan fingerprint density at radius 2 is 2.04 bits per heavy atom. The van der Waals surface area contributed by atoms with Crippen molar-refractivity contribution in [3.8, 4) is 16.3 Å². The van der Waals surface area contributed by atoms with E-state index in [9.17, 15) is 4.79 Å².